The first kappa shape index (κ1) is 13.0. The Hall–Kier alpha value is -2.69. The summed E-state index contributed by atoms with van der Waals surface area (Å²) in [6.45, 7) is 2.00. The molecule has 110 valence electrons. The number of benzene rings is 1. The van der Waals surface area contributed by atoms with E-state index in [0.29, 0.717) is 0 Å². The number of aromatic nitrogens is 4. The minimum atomic E-state index is 0.915. The van der Waals surface area contributed by atoms with Gasteiger partial charge in [0.15, 0.2) is 0 Å². The molecule has 5 nitrogen and oxygen atoms in total. The van der Waals surface area contributed by atoms with Crippen LogP contribution in [-0.4, -0.2) is 19.7 Å². The lowest BCUT2D eigenvalue weighted by molar-refractivity contribution is 0.863. The van der Waals surface area contributed by atoms with Gasteiger partial charge >= 0.3 is 0 Å². The van der Waals surface area contributed by atoms with Gasteiger partial charge in [0.1, 0.15) is 12.1 Å². The molecule has 4 rings (SSSR count). The molecule has 0 saturated carbocycles. The van der Waals surface area contributed by atoms with Crippen LogP contribution >= 0.6 is 0 Å². The molecule has 0 spiro atoms. The summed E-state index contributed by atoms with van der Waals surface area (Å²) < 4.78 is 1.89. The van der Waals surface area contributed by atoms with E-state index in [9.17, 15) is 0 Å². The van der Waals surface area contributed by atoms with Crippen molar-refractivity contribution in [3.8, 4) is 5.69 Å². The highest BCUT2D eigenvalue weighted by Crippen LogP contribution is 2.28. The van der Waals surface area contributed by atoms with Crippen LogP contribution in [0.2, 0.25) is 0 Å². The van der Waals surface area contributed by atoms with E-state index in [1.807, 2.05) is 48.1 Å². The van der Waals surface area contributed by atoms with Gasteiger partial charge in [0, 0.05) is 11.3 Å². The van der Waals surface area contributed by atoms with E-state index in [1.54, 1.807) is 6.33 Å². The van der Waals surface area contributed by atoms with Crippen LogP contribution in [0.1, 0.15) is 23.4 Å². The fourth-order valence-electron chi connectivity index (χ4n) is 2.89. The van der Waals surface area contributed by atoms with E-state index in [4.69, 9.17) is 0 Å². The lowest BCUT2D eigenvalue weighted by Gasteiger charge is -2.08. The Kier molecular flexibility index (Phi) is 3.11. The number of rotatable bonds is 3. The fraction of sp³-hybridized carbons (Fsp3) is 0.235. The molecule has 22 heavy (non-hydrogen) atoms. The SMILES string of the molecule is Cc1nn(-c2ccccc2)cc1Nc1ncnc2c1CCC2. The van der Waals surface area contributed by atoms with E-state index < -0.39 is 0 Å². The number of para-hydroxylation sites is 1. The molecule has 0 radical (unpaired) electrons. The van der Waals surface area contributed by atoms with Gasteiger partial charge in [-0.3, -0.25) is 0 Å². The second kappa shape index (κ2) is 5.26. The summed E-state index contributed by atoms with van der Waals surface area (Å²) >= 11 is 0. The van der Waals surface area contributed by atoms with E-state index in [-0.39, 0.29) is 0 Å². The van der Waals surface area contributed by atoms with Gasteiger partial charge in [0.25, 0.3) is 0 Å². The van der Waals surface area contributed by atoms with E-state index in [2.05, 4.69) is 20.4 Å². The van der Waals surface area contributed by atoms with Gasteiger partial charge in [-0.2, -0.15) is 5.10 Å². The van der Waals surface area contributed by atoms with Gasteiger partial charge in [-0.05, 0) is 38.3 Å². The number of anilines is 2. The Balaban J connectivity index is 1.67. The summed E-state index contributed by atoms with van der Waals surface area (Å²) in [6.07, 6.45) is 6.90. The zero-order valence-corrected chi connectivity index (χ0v) is 12.5. The molecule has 1 aromatic carbocycles. The zero-order chi connectivity index (χ0) is 14.9. The number of nitrogens with zero attached hydrogens (tertiary/aromatic N) is 4. The van der Waals surface area contributed by atoms with E-state index in [0.717, 1.165) is 42.1 Å². The smallest absolute Gasteiger partial charge is 0.137 e. The van der Waals surface area contributed by atoms with Gasteiger partial charge in [0.2, 0.25) is 0 Å². The molecule has 0 bridgehead atoms. The third kappa shape index (κ3) is 2.24. The third-order valence-corrected chi connectivity index (χ3v) is 4.05. The van der Waals surface area contributed by atoms with Crippen LogP contribution in [0, 0.1) is 6.92 Å². The van der Waals surface area contributed by atoms with Crippen LogP contribution in [-0.2, 0) is 12.8 Å². The quantitative estimate of drug-likeness (QED) is 0.805. The monoisotopic (exact) mass is 291 g/mol. The topological polar surface area (TPSA) is 55.6 Å². The second-order valence-corrected chi connectivity index (χ2v) is 5.53. The summed E-state index contributed by atoms with van der Waals surface area (Å²) in [4.78, 5) is 8.77. The van der Waals surface area contributed by atoms with Gasteiger partial charge in [0.05, 0.1) is 23.3 Å². The van der Waals surface area contributed by atoms with Crippen molar-refractivity contribution >= 4 is 11.5 Å². The van der Waals surface area contributed by atoms with Crippen LogP contribution in [0.4, 0.5) is 11.5 Å². The molecule has 0 saturated heterocycles. The molecular formula is C17H17N5. The molecule has 0 unspecified atom stereocenters. The van der Waals surface area contributed by atoms with Crippen molar-refractivity contribution in [3.63, 3.8) is 0 Å². The van der Waals surface area contributed by atoms with Crippen LogP contribution in [0.5, 0.6) is 0 Å². The molecule has 0 aliphatic heterocycles. The molecule has 1 aliphatic rings. The van der Waals surface area contributed by atoms with Crippen molar-refractivity contribution in [1.29, 1.82) is 0 Å². The average molecular weight is 291 g/mol. The highest BCUT2D eigenvalue weighted by atomic mass is 15.3. The average Bonchev–Trinajstić information content (AvgIpc) is 3.16. The molecule has 0 atom stereocenters. The molecular weight excluding hydrogens is 274 g/mol. The highest BCUT2D eigenvalue weighted by Gasteiger charge is 2.18. The maximum Gasteiger partial charge on any atom is 0.137 e. The predicted molar refractivity (Wildman–Crippen MR) is 85.6 cm³/mol. The van der Waals surface area contributed by atoms with Crippen LogP contribution in [0.3, 0.4) is 0 Å². The van der Waals surface area contributed by atoms with Crippen molar-refractivity contribution in [1.82, 2.24) is 19.7 Å². The standard InChI is InChI=1S/C17H17N5/c1-12-16(10-22(21-12)13-6-3-2-4-7-13)20-17-14-8-5-9-15(14)18-11-19-17/h2-4,6-7,10-11H,5,8-9H2,1H3,(H,18,19,20). The molecule has 3 aromatic rings. The third-order valence-electron chi connectivity index (χ3n) is 4.05. The van der Waals surface area contributed by atoms with Crippen molar-refractivity contribution in [2.45, 2.75) is 26.2 Å². The maximum absolute atomic E-state index is 4.58. The summed E-state index contributed by atoms with van der Waals surface area (Å²) in [6, 6.07) is 10.1. The van der Waals surface area contributed by atoms with Gasteiger partial charge < -0.3 is 5.32 Å². The fourth-order valence-corrected chi connectivity index (χ4v) is 2.89. The Morgan fingerprint density at radius 1 is 1.09 bits per heavy atom. The molecule has 2 heterocycles. The molecule has 1 N–H and O–H groups in total. The van der Waals surface area contributed by atoms with E-state index >= 15 is 0 Å². The Labute approximate surface area is 129 Å². The van der Waals surface area contributed by atoms with Crippen molar-refractivity contribution < 1.29 is 0 Å². The molecule has 0 fully saturated rings. The molecule has 2 aromatic heterocycles. The Bertz CT molecular complexity index is 807. The summed E-state index contributed by atoms with van der Waals surface area (Å²) in [5.41, 5.74) is 5.40. The van der Waals surface area contributed by atoms with Crippen molar-refractivity contribution in [2.24, 2.45) is 0 Å². The van der Waals surface area contributed by atoms with Crippen LogP contribution in [0.25, 0.3) is 5.69 Å². The number of aryl methyl sites for hydroxylation is 2. The largest absolute Gasteiger partial charge is 0.337 e. The predicted octanol–water partition coefficient (Wildman–Crippen LogP) is 3.20. The normalized spacial score (nSPS) is 13.1. The van der Waals surface area contributed by atoms with Crippen LogP contribution < -0.4 is 5.32 Å². The Morgan fingerprint density at radius 3 is 2.82 bits per heavy atom. The number of fused-ring (bicyclic) bond motifs is 1. The minimum Gasteiger partial charge on any atom is -0.337 e. The minimum absolute atomic E-state index is 0.915. The summed E-state index contributed by atoms with van der Waals surface area (Å²) in [5.74, 6) is 0.915. The van der Waals surface area contributed by atoms with Gasteiger partial charge in [-0.25, -0.2) is 14.6 Å². The molecule has 0 amide bonds. The zero-order valence-electron chi connectivity index (χ0n) is 12.5. The number of hydrogen-bond donors (Lipinski definition) is 1. The molecule has 5 heteroatoms. The summed E-state index contributed by atoms with van der Waals surface area (Å²) in [5, 5.41) is 8.01. The van der Waals surface area contributed by atoms with Crippen LogP contribution in [0.15, 0.2) is 42.9 Å². The number of nitrogens with one attached hydrogen (secondary N) is 1. The Morgan fingerprint density at radius 2 is 1.95 bits per heavy atom. The van der Waals surface area contributed by atoms with Crippen molar-refractivity contribution in [3.05, 3.63) is 59.8 Å². The number of hydrogen-bond acceptors (Lipinski definition) is 4. The lowest BCUT2D eigenvalue weighted by atomic mass is 10.2. The van der Waals surface area contributed by atoms with Gasteiger partial charge in [-0.1, -0.05) is 18.2 Å². The summed E-state index contributed by atoms with van der Waals surface area (Å²) in [7, 11) is 0. The highest BCUT2D eigenvalue weighted by molar-refractivity contribution is 5.62. The molecule has 1 aliphatic carbocycles. The first-order valence-electron chi connectivity index (χ1n) is 7.53. The van der Waals surface area contributed by atoms with Crippen molar-refractivity contribution in [2.75, 3.05) is 5.32 Å². The van der Waals surface area contributed by atoms with E-state index in [1.165, 1.54) is 11.3 Å². The van der Waals surface area contributed by atoms with Gasteiger partial charge in [-0.15, -0.1) is 0 Å². The maximum atomic E-state index is 4.58. The first-order chi connectivity index (χ1) is 10.8. The second-order valence-electron chi connectivity index (χ2n) is 5.53. The lowest BCUT2D eigenvalue weighted by Crippen LogP contribution is -2.00. The first-order valence-corrected chi connectivity index (χ1v) is 7.53.